The van der Waals surface area contributed by atoms with E-state index >= 15 is 0 Å². The summed E-state index contributed by atoms with van der Waals surface area (Å²) >= 11 is 0. The summed E-state index contributed by atoms with van der Waals surface area (Å²) in [6.07, 6.45) is 5.29. The van der Waals surface area contributed by atoms with Crippen LogP contribution in [0.4, 0.5) is 0 Å². The Balaban J connectivity index is 1.89. The maximum atomic E-state index is 5.26. The summed E-state index contributed by atoms with van der Waals surface area (Å²) in [6, 6.07) is 1.47. The van der Waals surface area contributed by atoms with E-state index < -0.39 is 0 Å². The SMILES string of the molecule is CCC1CNC(C2CC2)CN1CC(C)(C)CCOC. The first-order valence-corrected chi connectivity index (χ1v) is 8.02. The fraction of sp³-hybridized carbons (Fsp3) is 1.00. The van der Waals surface area contributed by atoms with Gasteiger partial charge in [-0.2, -0.15) is 0 Å². The number of piperazine rings is 1. The molecule has 0 aromatic carbocycles. The van der Waals surface area contributed by atoms with E-state index in [2.05, 4.69) is 31.0 Å². The Morgan fingerprint density at radius 3 is 2.63 bits per heavy atom. The summed E-state index contributed by atoms with van der Waals surface area (Å²) in [5, 5.41) is 3.77. The average Bonchev–Trinajstić information content (AvgIpc) is 3.20. The Labute approximate surface area is 119 Å². The molecular weight excluding hydrogens is 236 g/mol. The van der Waals surface area contributed by atoms with Gasteiger partial charge in [0, 0.05) is 45.4 Å². The van der Waals surface area contributed by atoms with Gasteiger partial charge in [0.2, 0.25) is 0 Å². The Hall–Kier alpha value is -0.120. The number of methoxy groups -OCH3 is 1. The molecule has 0 radical (unpaired) electrons. The minimum atomic E-state index is 0.356. The van der Waals surface area contributed by atoms with Crippen molar-refractivity contribution in [2.24, 2.45) is 11.3 Å². The second-order valence-electron chi connectivity index (χ2n) is 7.25. The third kappa shape index (κ3) is 4.44. The van der Waals surface area contributed by atoms with Gasteiger partial charge in [-0.3, -0.25) is 4.90 Å². The standard InChI is InChI=1S/C16H32N2O/c1-5-14-10-17-15(13-6-7-13)11-18(14)12-16(2,3)8-9-19-4/h13-15,17H,5-12H2,1-4H3. The number of rotatable bonds is 7. The van der Waals surface area contributed by atoms with E-state index in [1.54, 1.807) is 7.11 Å². The molecule has 1 N–H and O–H groups in total. The van der Waals surface area contributed by atoms with E-state index in [1.165, 1.54) is 38.9 Å². The fourth-order valence-corrected chi connectivity index (χ4v) is 3.30. The number of nitrogens with one attached hydrogen (secondary N) is 1. The predicted molar refractivity (Wildman–Crippen MR) is 80.4 cm³/mol. The minimum absolute atomic E-state index is 0.356. The van der Waals surface area contributed by atoms with E-state index in [-0.39, 0.29) is 0 Å². The summed E-state index contributed by atoms with van der Waals surface area (Å²) in [4.78, 5) is 2.75. The Morgan fingerprint density at radius 2 is 2.05 bits per heavy atom. The van der Waals surface area contributed by atoms with Crippen LogP contribution in [0.25, 0.3) is 0 Å². The van der Waals surface area contributed by atoms with E-state index in [9.17, 15) is 0 Å². The van der Waals surface area contributed by atoms with Crippen LogP contribution in [0.2, 0.25) is 0 Å². The monoisotopic (exact) mass is 268 g/mol. The number of ether oxygens (including phenoxy) is 1. The minimum Gasteiger partial charge on any atom is -0.385 e. The highest BCUT2D eigenvalue weighted by Gasteiger charge is 2.38. The van der Waals surface area contributed by atoms with Gasteiger partial charge in [-0.05, 0) is 37.0 Å². The zero-order valence-electron chi connectivity index (χ0n) is 13.2. The van der Waals surface area contributed by atoms with Crippen molar-refractivity contribution < 1.29 is 4.74 Å². The third-order valence-corrected chi connectivity index (χ3v) is 4.84. The molecule has 2 unspecified atom stereocenters. The van der Waals surface area contributed by atoms with Crippen molar-refractivity contribution in [3.05, 3.63) is 0 Å². The van der Waals surface area contributed by atoms with Crippen LogP contribution < -0.4 is 5.32 Å². The lowest BCUT2D eigenvalue weighted by Crippen LogP contribution is -2.58. The van der Waals surface area contributed by atoms with Gasteiger partial charge in [0.1, 0.15) is 0 Å². The fourth-order valence-electron chi connectivity index (χ4n) is 3.30. The number of hydrogen-bond donors (Lipinski definition) is 1. The van der Waals surface area contributed by atoms with E-state index in [4.69, 9.17) is 4.74 Å². The van der Waals surface area contributed by atoms with Gasteiger partial charge in [0.25, 0.3) is 0 Å². The topological polar surface area (TPSA) is 24.5 Å². The van der Waals surface area contributed by atoms with Crippen LogP contribution in [0.15, 0.2) is 0 Å². The smallest absolute Gasteiger partial charge is 0.0467 e. The summed E-state index contributed by atoms with van der Waals surface area (Å²) in [7, 11) is 1.80. The molecule has 1 saturated carbocycles. The van der Waals surface area contributed by atoms with Crippen molar-refractivity contribution in [2.75, 3.05) is 33.4 Å². The quantitative estimate of drug-likeness (QED) is 0.768. The molecule has 2 aliphatic rings. The van der Waals surface area contributed by atoms with Crippen LogP contribution >= 0.6 is 0 Å². The van der Waals surface area contributed by atoms with Crippen molar-refractivity contribution in [1.29, 1.82) is 0 Å². The third-order valence-electron chi connectivity index (χ3n) is 4.84. The van der Waals surface area contributed by atoms with Gasteiger partial charge in [0.15, 0.2) is 0 Å². The van der Waals surface area contributed by atoms with Crippen LogP contribution in [0.1, 0.15) is 46.5 Å². The Morgan fingerprint density at radius 1 is 1.32 bits per heavy atom. The van der Waals surface area contributed by atoms with Gasteiger partial charge in [-0.1, -0.05) is 20.8 Å². The maximum Gasteiger partial charge on any atom is 0.0467 e. The van der Waals surface area contributed by atoms with Gasteiger partial charge in [-0.25, -0.2) is 0 Å². The molecule has 1 aliphatic heterocycles. The first-order valence-electron chi connectivity index (χ1n) is 8.02. The second kappa shape index (κ2) is 6.55. The average molecular weight is 268 g/mol. The second-order valence-corrected chi connectivity index (χ2v) is 7.25. The van der Waals surface area contributed by atoms with Gasteiger partial charge >= 0.3 is 0 Å². The van der Waals surface area contributed by atoms with Crippen LogP contribution in [-0.2, 0) is 4.74 Å². The molecule has 19 heavy (non-hydrogen) atoms. The largest absolute Gasteiger partial charge is 0.385 e. The summed E-state index contributed by atoms with van der Waals surface area (Å²) < 4.78 is 5.26. The van der Waals surface area contributed by atoms with E-state index in [0.29, 0.717) is 5.41 Å². The molecule has 112 valence electrons. The van der Waals surface area contributed by atoms with Gasteiger partial charge in [-0.15, -0.1) is 0 Å². The lowest BCUT2D eigenvalue weighted by atomic mass is 9.87. The molecule has 0 spiro atoms. The molecule has 0 aromatic heterocycles. The number of hydrogen-bond acceptors (Lipinski definition) is 3. The molecule has 3 nitrogen and oxygen atoms in total. The molecule has 0 amide bonds. The highest BCUT2D eigenvalue weighted by atomic mass is 16.5. The van der Waals surface area contributed by atoms with E-state index in [1.807, 2.05) is 0 Å². The highest BCUT2D eigenvalue weighted by Crippen LogP contribution is 2.35. The summed E-state index contributed by atoms with van der Waals surface area (Å²) in [5.41, 5.74) is 0.356. The molecule has 0 bridgehead atoms. The lowest BCUT2D eigenvalue weighted by Gasteiger charge is -2.44. The molecule has 2 atom stereocenters. The van der Waals surface area contributed by atoms with Crippen molar-refractivity contribution in [2.45, 2.75) is 58.5 Å². The Kier molecular flexibility index (Phi) is 5.27. The molecule has 1 aliphatic carbocycles. The molecule has 2 rings (SSSR count). The Bertz CT molecular complexity index is 276. The summed E-state index contributed by atoms with van der Waals surface area (Å²) in [6.45, 7) is 11.6. The molecular formula is C16H32N2O. The summed E-state index contributed by atoms with van der Waals surface area (Å²) in [5.74, 6) is 0.961. The van der Waals surface area contributed by atoms with Gasteiger partial charge in [0.05, 0.1) is 0 Å². The van der Waals surface area contributed by atoms with Crippen LogP contribution in [0.5, 0.6) is 0 Å². The molecule has 1 saturated heterocycles. The first-order chi connectivity index (χ1) is 9.05. The first kappa shape index (κ1) is 15.3. The van der Waals surface area contributed by atoms with Crippen LogP contribution in [-0.4, -0.2) is 50.3 Å². The maximum absolute atomic E-state index is 5.26. The van der Waals surface area contributed by atoms with Crippen molar-refractivity contribution >= 4 is 0 Å². The van der Waals surface area contributed by atoms with Crippen LogP contribution in [0, 0.1) is 11.3 Å². The predicted octanol–water partition coefficient (Wildman–Crippen LogP) is 2.51. The van der Waals surface area contributed by atoms with Crippen molar-refractivity contribution in [1.82, 2.24) is 10.2 Å². The molecule has 3 heteroatoms. The van der Waals surface area contributed by atoms with E-state index in [0.717, 1.165) is 31.0 Å². The number of nitrogens with zero attached hydrogens (tertiary/aromatic N) is 1. The zero-order valence-corrected chi connectivity index (χ0v) is 13.2. The normalized spacial score (nSPS) is 29.7. The van der Waals surface area contributed by atoms with Gasteiger partial charge < -0.3 is 10.1 Å². The molecule has 0 aromatic rings. The zero-order chi connectivity index (χ0) is 13.9. The lowest BCUT2D eigenvalue weighted by molar-refractivity contribution is 0.0597. The van der Waals surface area contributed by atoms with Crippen LogP contribution in [0.3, 0.4) is 0 Å². The molecule has 2 fully saturated rings. The van der Waals surface area contributed by atoms with Crippen molar-refractivity contribution in [3.63, 3.8) is 0 Å². The highest BCUT2D eigenvalue weighted by molar-refractivity contribution is 4.95. The van der Waals surface area contributed by atoms with Crippen molar-refractivity contribution in [3.8, 4) is 0 Å². The molecule has 1 heterocycles.